The number of hydrogen-bond acceptors (Lipinski definition) is 5. The number of hydrogen-bond donors (Lipinski definition) is 1. The third kappa shape index (κ3) is 2.17. The van der Waals surface area contributed by atoms with E-state index < -0.39 is 0 Å². The number of aromatic nitrogens is 4. The van der Waals surface area contributed by atoms with E-state index in [1.54, 1.807) is 13.0 Å². The third-order valence-electron chi connectivity index (χ3n) is 2.65. The molecule has 0 aromatic carbocycles. The number of pyridine rings is 1. The van der Waals surface area contributed by atoms with Gasteiger partial charge in [0.25, 0.3) is 5.91 Å². The summed E-state index contributed by atoms with van der Waals surface area (Å²) in [5.41, 5.74) is 0.996. The van der Waals surface area contributed by atoms with Crippen LogP contribution in [0.25, 0.3) is 5.65 Å². The summed E-state index contributed by atoms with van der Waals surface area (Å²) < 4.78 is 6.66. The van der Waals surface area contributed by atoms with Crippen LogP contribution in [0.2, 0.25) is 0 Å². The molecule has 3 rings (SSSR count). The van der Waals surface area contributed by atoms with Crippen molar-refractivity contribution in [3.63, 3.8) is 0 Å². The minimum atomic E-state index is -0.301. The van der Waals surface area contributed by atoms with Crippen LogP contribution >= 0.6 is 0 Å². The minimum absolute atomic E-state index is 0.256. The monoisotopic (exact) mass is 257 g/mol. The highest BCUT2D eigenvalue weighted by molar-refractivity contribution is 5.92. The fourth-order valence-electron chi connectivity index (χ4n) is 1.73. The van der Waals surface area contributed by atoms with Crippen LogP contribution in [0.3, 0.4) is 0 Å². The Bertz CT molecular complexity index is 730. The summed E-state index contributed by atoms with van der Waals surface area (Å²) >= 11 is 0. The summed E-state index contributed by atoms with van der Waals surface area (Å²) in [6.45, 7) is 2.01. The third-order valence-corrected chi connectivity index (χ3v) is 2.65. The van der Waals surface area contributed by atoms with Gasteiger partial charge in [-0.1, -0.05) is 11.2 Å². The van der Waals surface area contributed by atoms with Gasteiger partial charge in [0, 0.05) is 12.3 Å². The Hall–Kier alpha value is -2.70. The fourth-order valence-corrected chi connectivity index (χ4v) is 1.73. The number of rotatable bonds is 3. The maximum Gasteiger partial charge on any atom is 0.273 e. The standard InChI is InChI=1S/C12H11N5O2/c1-8-6-9(16-19-8)12(18)13-7-11-15-14-10-4-2-3-5-17(10)11/h2-6H,7H2,1H3,(H,13,18). The predicted octanol–water partition coefficient (Wildman–Crippen LogP) is 0.956. The molecule has 0 saturated carbocycles. The van der Waals surface area contributed by atoms with Gasteiger partial charge < -0.3 is 9.84 Å². The Morgan fingerprint density at radius 3 is 3.11 bits per heavy atom. The Balaban J connectivity index is 1.74. The lowest BCUT2D eigenvalue weighted by atomic mass is 10.3. The van der Waals surface area contributed by atoms with E-state index >= 15 is 0 Å². The summed E-state index contributed by atoms with van der Waals surface area (Å²) in [7, 11) is 0. The van der Waals surface area contributed by atoms with Crippen molar-refractivity contribution in [2.75, 3.05) is 0 Å². The second kappa shape index (κ2) is 4.52. The first-order chi connectivity index (χ1) is 9.24. The van der Waals surface area contributed by atoms with Crippen LogP contribution in [-0.4, -0.2) is 25.7 Å². The number of carbonyl (C=O) groups excluding carboxylic acids is 1. The van der Waals surface area contributed by atoms with Crippen molar-refractivity contribution in [2.45, 2.75) is 13.5 Å². The van der Waals surface area contributed by atoms with E-state index in [0.29, 0.717) is 11.6 Å². The van der Waals surface area contributed by atoms with Crippen molar-refractivity contribution in [2.24, 2.45) is 0 Å². The second-order valence-corrected chi connectivity index (χ2v) is 4.05. The van der Waals surface area contributed by atoms with Crippen LogP contribution in [0, 0.1) is 6.92 Å². The lowest BCUT2D eigenvalue weighted by Crippen LogP contribution is -2.24. The van der Waals surface area contributed by atoms with Crippen LogP contribution in [0.15, 0.2) is 35.0 Å². The summed E-state index contributed by atoms with van der Waals surface area (Å²) in [4.78, 5) is 11.8. The molecule has 3 aromatic rings. The molecule has 7 heteroatoms. The molecule has 0 unspecified atom stereocenters. The number of carbonyl (C=O) groups is 1. The maximum absolute atomic E-state index is 11.8. The van der Waals surface area contributed by atoms with Crippen molar-refractivity contribution in [3.8, 4) is 0 Å². The highest BCUT2D eigenvalue weighted by atomic mass is 16.5. The Kier molecular flexibility index (Phi) is 2.71. The topological polar surface area (TPSA) is 85.3 Å². The molecule has 0 aliphatic carbocycles. The largest absolute Gasteiger partial charge is 0.361 e. The Labute approximate surface area is 108 Å². The smallest absolute Gasteiger partial charge is 0.273 e. The van der Waals surface area contributed by atoms with E-state index in [2.05, 4.69) is 20.7 Å². The highest BCUT2D eigenvalue weighted by Crippen LogP contribution is 2.04. The van der Waals surface area contributed by atoms with Gasteiger partial charge in [-0.25, -0.2) is 0 Å². The van der Waals surface area contributed by atoms with Gasteiger partial charge in [-0.3, -0.25) is 9.20 Å². The van der Waals surface area contributed by atoms with E-state index in [0.717, 1.165) is 5.65 Å². The van der Waals surface area contributed by atoms with Gasteiger partial charge in [-0.15, -0.1) is 10.2 Å². The molecule has 0 spiro atoms. The van der Waals surface area contributed by atoms with Crippen molar-refractivity contribution in [1.29, 1.82) is 0 Å². The van der Waals surface area contributed by atoms with E-state index in [1.807, 2.05) is 28.8 Å². The molecule has 0 aliphatic heterocycles. The van der Waals surface area contributed by atoms with Crippen LogP contribution in [0.5, 0.6) is 0 Å². The van der Waals surface area contributed by atoms with Gasteiger partial charge in [0.15, 0.2) is 17.2 Å². The molecule has 0 fully saturated rings. The Morgan fingerprint density at radius 1 is 1.42 bits per heavy atom. The molecule has 0 bridgehead atoms. The maximum atomic E-state index is 11.8. The first-order valence-corrected chi connectivity index (χ1v) is 5.74. The average Bonchev–Trinajstić information content (AvgIpc) is 3.02. The van der Waals surface area contributed by atoms with Crippen molar-refractivity contribution < 1.29 is 9.32 Å². The van der Waals surface area contributed by atoms with Crippen molar-refractivity contribution in [3.05, 3.63) is 47.7 Å². The zero-order chi connectivity index (χ0) is 13.2. The average molecular weight is 257 g/mol. The van der Waals surface area contributed by atoms with Crippen molar-refractivity contribution >= 4 is 11.6 Å². The van der Waals surface area contributed by atoms with E-state index in [1.165, 1.54) is 0 Å². The molecule has 7 nitrogen and oxygen atoms in total. The molecule has 19 heavy (non-hydrogen) atoms. The summed E-state index contributed by atoms with van der Waals surface area (Å²) in [6, 6.07) is 7.18. The van der Waals surface area contributed by atoms with Crippen LogP contribution in [0.4, 0.5) is 0 Å². The lowest BCUT2D eigenvalue weighted by molar-refractivity contribution is 0.0940. The molecule has 1 N–H and O–H groups in total. The molecule has 1 amide bonds. The molecule has 0 atom stereocenters. The first kappa shape index (κ1) is 11.4. The second-order valence-electron chi connectivity index (χ2n) is 4.05. The molecular weight excluding hydrogens is 246 g/mol. The van der Waals surface area contributed by atoms with Crippen molar-refractivity contribution in [1.82, 2.24) is 25.1 Å². The molecule has 3 aromatic heterocycles. The van der Waals surface area contributed by atoms with Gasteiger partial charge in [-0.2, -0.15) is 0 Å². The van der Waals surface area contributed by atoms with Gasteiger partial charge in [-0.05, 0) is 19.1 Å². The van der Waals surface area contributed by atoms with E-state index in [9.17, 15) is 4.79 Å². The Morgan fingerprint density at radius 2 is 2.32 bits per heavy atom. The molecule has 96 valence electrons. The van der Waals surface area contributed by atoms with E-state index in [-0.39, 0.29) is 18.1 Å². The summed E-state index contributed by atoms with van der Waals surface area (Å²) in [5.74, 6) is 0.951. The molecular formula is C12H11N5O2. The number of amides is 1. The van der Waals surface area contributed by atoms with Gasteiger partial charge in [0.05, 0.1) is 6.54 Å². The number of nitrogens with one attached hydrogen (secondary N) is 1. The summed E-state index contributed by atoms with van der Waals surface area (Å²) in [5, 5.41) is 14.4. The number of nitrogens with zero attached hydrogens (tertiary/aromatic N) is 4. The molecule has 0 aliphatic rings. The molecule has 0 saturated heterocycles. The lowest BCUT2D eigenvalue weighted by Gasteiger charge is -2.01. The predicted molar refractivity (Wildman–Crippen MR) is 65.4 cm³/mol. The normalized spacial score (nSPS) is 10.8. The highest BCUT2D eigenvalue weighted by Gasteiger charge is 2.12. The van der Waals surface area contributed by atoms with E-state index in [4.69, 9.17) is 4.52 Å². The zero-order valence-electron chi connectivity index (χ0n) is 10.2. The van der Waals surface area contributed by atoms with Gasteiger partial charge in [0.1, 0.15) is 5.76 Å². The van der Waals surface area contributed by atoms with Crippen LogP contribution < -0.4 is 5.32 Å². The van der Waals surface area contributed by atoms with Gasteiger partial charge in [0.2, 0.25) is 0 Å². The first-order valence-electron chi connectivity index (χ1n) is 5.74. The van der Waals surface area contributed by atoms with Crippen LogP contribution in [-0.2, 0) is 6.54 Å². The number of aryl methyl sites for hydroxylation is 1. The van der Waals surface area contributed by atoms with Crippen LogP contribution in [0.1, 0.15) is 22.1 Å². The SMILES string of the molecule is Cc1cc(C(=O)NCc2nnc3ccccn23)no1. The molecule has 3 heterocycles. The number of fused-ring (bicyclic) bond motifs is 1. The quantitative estimate of drug-likeness (QED) is 0.755. The zero-order valence-corrected chi connectivity index (χ0v) is 10.2. The molecule has 0 radical (unpaired) electrons. The summed E-state index contributed by atoms with van der Waals surface area (Å²) in [6.07, 6.45) is 1.84. The minimum Gasteiger partial charge on any atom is -0.361 e. The fraction of sp³-hybridized carbons (Fsp3) is 0.167. The van der Waals surface area contributed by atoms with Gasteiger partial charge >= 0.3 is 0 Å².